The number of nitrogens with one attached hydrogen (secondary N) is 1. The van der Waals surface area contributed by atoms with E-state index >= 15 is 0 Å². The molecule has 5 heteroatoms. The van der Waals surface area contributed by atoms with Gasteiger partial charge in [-0.3, -0.25) is 4.79 Å². The molecule has 1 aliphatic rings. The molecule has 2 unspecified atom stereocenters. The van der Waals surface area contributed by atoms with E-state index in [1.54, 1.807) is 0 Å². The number of ether oxygens (including phenoxy) is 1. The SMILES string of the molecule is CC1OCCC1(O)CNC(=O)CCc1ccccc1N. The summed E-state index contributed by atoms with van der Waals surface area (Å²) in [6, 6.07) is 7.52. The van der Waals surface area contributed by atoms with Crippen molar-refractivity contribution >= 4 is 11.6 Å². The molecule has 2 rings (SSSR count). The van der Waals surface area contributed by atoms with Crippen LogP contribution in [0.3, 0.4) is 0 Å². The minimum absolute atomic E-state index is 0.0826. The van der Waals surface area contributed by atoms with Crippen LogP contribution in [0.1, 0.15) is 25.3 Å². The molecule has 2 atom stereocenters. The van der Waals surface area contributed by atoms with Gasteiger partial charge >= 0.3 is 0 Å². The Hall–Kier alpha value is -1.59. The molecule has 0 spiro atoms. The van der Waals surface area contributed by atoms with Crippen molar-refractivity contribution < 1.29 is 14.6 Å². The molecule has 0 saturated carbocycles. The van der Waals surface area contributed by atoms with Crippen LogP contribution in [0.4, 0.5) is 5.69 Å². The highest BCUT2D eigenvalue weighted by Gasteiger charge is 2.39. The summed E-state index contributed by atoms with van der Waals surface area (Å²) in [5.74, 6) is -0.0826. The van der Waals surface area contributed by atoms with E-state index < -0.39 is 5.60 Å². The third-order valence-electron chi connectivity index (χ3n) is 3.93. The lowest BCUT2D eigenvalue weighted by Crippen LogP contribution is -2.47. The smallest absolute Gasteiger partial charge is 0.220 e. The zero-order valence-electron chi connectivity index (χ0n) is 11.8. The van der Waals surface area contributed by atoms with Crippen LogP contribution in [0, 0.1) is 0 Å². The Morgan fingerprint density at radius 3 is 2.95 bits per heavy atom. The summed E-state index contributed by atoms with van der Waals surface area (Å²) in [5, 5.41) is 13.1. The fourth-order valence-corrected chi connectivity index (χ4v) is 2.35. The Morgan fingerprint density at radius 1 is 1.55 bits per heavy atom. The maximum atomic E-state index is 11.8. The van der Waals surface area contributed by atoms with Gasteiger partial charge in [0.15, 0.2) is 0 Å². The van der Waals surface area contributed by atoms with Crippen LogP contribution >= 0.6 is 0 Å². The van der Waals surface area contributed by atoms with Crippen molar-refractivity contribution in [2.45, 2.75) is 37.9 Å². The van der Waals surface area contributed by atoms with E-state index in [2.05, 4.69) is 5.32 Å². The number of nitrogen functional groups attached to an aromatic ring is 1. The first-order chi connectivity index (χ1) is 9.51. The lowest BCUT2D eigenvalue weighted by molar-refractivity contribution is -0.122. The van der Waals surface area contributed by atoms with E-state index in [1.165, 1.54) is 0 Å². The van der Waals surface area contributed by atoms with Gasteiger partial charge in [-0.25, -0.2) is 0 Å². The minimum atomic E-state index is -0.943. The molecule has 1 heterocycles. The van der Waals surface area contributed by atoms with Gasteiger partial charge in [0, 0.05) is 31.7 Å². The number of benzene rings is 1. The number of nitrogens with two attached hydrogens (primary N) is 1. The number of aliphatic hydroxyl groups is 1. The maximum Gasteiger partial charge on any atom is 0.220 e. The summed E-state index contributed by atoms with van der Waals surface area (Å²) in [5.41, 5.74) is 6.56. The first-order valence-electron chi connectivity index (χ1n) is 6.95. The average Bonchev–Trinajstić information content (AvgIpc) is 2.76. The highest BCUT2D eigenvalue weighted by Crippen LogP contribution is 2.24. The summed E-state index contributed by atoms with van der Waals surface area (Å²) in [7, 11) is 0. The second-order valence-electron chi connectivity index (χ2n) is 5.34. The predicted octanol–water partition coefficient (Wildman–Crippen LogP) is 0.857. The molecule has 110 valence electrons. The van der Waals surface area contributed by atoms with Crippen LogP contribution in [-0.2, 0) is 16.0 Å². The van der Waals surface area contributed by atoms with E-state index in [1.807, 2.05) is 31.2 Å². The standard InChI is InChI=1S/C15H22N2O3/c1-11-15(19,8-9-20-11)10-17-14(18)7-6-12-4-2-3-5-13(12)16/h2-5,11,19H,6-10,16H2,1H3,(H,17,18). The molecule has 0 aromatic heterocycles. The third kappa shape index (κ3) is 3.49. The third-order valence-corrected chi connectivity index (χ3v) is 3.93. The monoisotopic (exact) mass is 278 g/mol. The van der Waals surface area contributed by atoms with Crippen molar-refractivity contribution in [3.8, 4) is 0 Å². The van der Waals surface area contributed by atoms with Crippen LogP contribution in [0.25, 0.3) is 0 Å². The van der Waals surface area contributed by atoms with Gasteiger partial charge in [0.2, 0.25) is 5.91 Å². The Labute approximate surface area is 119 Å². The number of carbonyl (C=O) groups is 1. The van der Waals surface area contributed by atoms with Gasteiger partial charge < -0.3 is 20.9 Å². The summed E-state index contributed by atoms with van der Waals surface area (Å²) in [4.78, 5) is 11.8. The number of anilines is 1. The van der Waals surface area contributed by atoms with Gasteiger partial charge in [0.25, 0.3) is 0 Å². The number of amides is 1. The second-order valence-corrected chi connectivity index (χ2v) is 5.34. The van der Waals surface area contributed by atoms with Gasteiger partial charge in [-0.2, -0.15) is 0 Å². The van der Waals surface area contributed by atoms with Crippen molar-refractivity contribution in [2.24, 2.45) is 0 Å². The first kappa shape index (κ1) is 14.8. The summed E-state index contributed by atoms with van der Waals surface area (Å²) in [6.07, 6.45) is 1.27. The topological polar surface area (TPSA) is 84.6 Å². The number of rotatable bonds is 5. The molecule has 1 aromatic rings. The fourth-order valence-electron chi connectivity index (χ4n) is 2.35. The van der Waals surface area contributed by atoms with E-state index in [4.69, 9.17) is 10.5 Å². The Bertz CT molecular complexity index is 478. The minimum Gasteiger partial charge on any atom is -0.399 e. The number of hydrogen-bond acceptors (Lipinski definition) is 4. The van der Waals surface area contributed by atoms with Gasteiger partial charge in [-0.15, -0.1) is 0 Å². The molecule has 20 heavy (non-hydrogen) atoms. The van der Waals surface area contributed by atoms with E-state index in [0.29, 0.717) is 31.6 Å². The molecule has 0 aliphatic carbocycles. The zero-order chi connectivity index (χ0) is 14.6. The maximum absolute atomic E-state index is 11.8. The Balaban J connectivity index is 1.77. The molecule has 0 bridgehead atoms. The van der Waals surface area contributed by atoms with Crippen LogP contribution < -0.4 is 11.1 Å². The van der Waals surface area contributed by atoms with Crippen molar-refractivity contribution in [1.29, 1.82) is 0 Å². The van der Waals surface area contributed by atoms with Gasteiger partial charge in [-0.1, -0.05) is 18.2 Å². The fraction of sp³-hybridized carbons (Fsp3) is 0.533. The molecule has 5 nitrogen and oxygen atoms in total. The van der Waals surface area contributed by atoms with Crippen molar-refractivity contribution in [3.63, 3.8) is 0 Å². The van der Waals surface area contributed by atoms with Crippen LogP contribution in [0.2, 0.25) is 0 Å². The second kappa shape index (κ2) is 6.24. The molecule has 1 saturated heterocycles. The van der Waals surface area contributed by atoms with Gasteiger partial charge in [-0.05, 0) is 25.0 Å². The lowest BCUT2D eigenvalue weighted by atomic mass is 9.96. The largest absolute Gasteiger partial charge is 0.399 e. The average molecular weight is 278 g/mol. The molecule has 4 N–H and O–H groups in total. The highest BCUT2D eigenvalue weighted by atomic mass is 16.5. The molecular formula is C15H22N2O3. The number of carbonyl (C=O) groups excluding carboxylic acids is 1. The van der Waals surface area contributed by atoms with E-state index in [0.717, 1.165) is 5.56 Å². The van der Waals surface area contributed by atoms with Crippen molar-refractivity contribution in [3.05, 3.63) is 29.8 Å². The molecule has 1 fully saturated rings. The van der Waals surface area contributed by atoms with Crippen molar-refractivity contribution in [1.82, 2.24) is 5.32 Å². The zero-order valence-corrected chi connectivity index (χ0v) is 11.8. The predicted molar refractivity (Wildman–Crippen MR) is 77.2 cm³/mol. The number of hydrogen-bond donors (Lipinski definition) is 3. The lowest BCUT2D eigenvalue weighted by Gasteiger charge is -2.26. The van der Waals surface area contributed by atoms with Gasteiger partial charge in [0.1, 0.15) is 5.60 Å². The molecule has 0 radical (unpaired) electrons. The number of para-hydroxylation sites is 1. The van der Waals surface area contributed by atoms with E-state index in [-0.39, 0.29) is 18.6 Å². The van der Waals surface area contributed by atoms with Crippen LogP contribution in [-0.4, -0.2) is 35.9 Å². The van der Waals surface area contributed by atoms with Crippen molar-refractivity contribution in [2.75, 3.05) is 18.9 Å². The van der Waals surface area contributed by atoms with Gasteiger partial charge in [0.05, 0.1) is 6.10 Å². The molecule has 1 amide bonds. The van der Waals surface area contributed by atoms with Crippen LogP contribution in [0.15, 0.2) is 24.3 Å². The number of aryl methyl sites for hydroxylation is 1. The Kier molecular flexibility index (Phi) is 4.62. The first-order valence-corrected chi connectivity index (χ1v) is 6.95. The molecular weight excluding hydrogens is 256 g/mol. The highest BCUT2D eigenvalue weighted by molar-refractivity contribution is 5.76. The summed E-state index contributed by atoms with van der Waals surface area (Å²) >= 11 is 0. The quantitative estimate of drug-likeness (QED) is 0.697. The molecule has 1 aromatic carbocycles. The summed E-state index contributed by atoms with van der Waals surface area (Å²) < 4.78 is 5.33. The molecule has 1 aliphatic heterocycles. The normalized spacial score (nSPS) is 25.6. The Morgan fingerprint density at radius 2 is 2.30 bits per heavy atom. The van der Waals surface area contributed by atoms with E-state index in [9.17, 15) is 9.90 Å². The summed E-state index contributed by atoms with van der Waals surface area (Å²) in [6.45, 7) is 2.59. The van der Waals surface area contributed by atoms with Crippen LogP contribution in [0.5, 0.6) is 0 Å².